The number of rotatable bonds is 5. The highest BCUT2D eigenvalue weighted by Gasteiger charge is 2.20. The number of carbonyl (C=O) groups excluding carboxylic acids is 1. The summed E-state index contributed by atoms with van der Waals surface area (Å²) in [7, 11) is -1.93. The number of benzene rings is 1. The van der Waals surface area contributed by atoms with E-state index in [1.165, 1.54) is 18.5 Å². The van der Waals surface area contributed by atoms with Gasteiger partial charge in [-0.1, -0.05) is 18.2 Å². The number of hydrogen-bond acceptors (Lipinski definition) is 4. The summed E-state index contributed by atoms with van der Waals surface area (Å²) in [5.74, 6) is -0.357. The van der Waals surface area contributed by atoms with Gasteiger partial charge in [-0.3, -0.25) is 9.48 Å². The molecule has 3 rings (SSSR count). The lowest BCUT2D eigenvalue weighted by Crippen LogP contribution is -2.23. The molecule has 0 aliphatic carbocycles. The van der Waals surface area contributed by atoms with E-state index in [-0.39, 0.29) is 22.9 Å². The van der Waals surface area contributed by atoms with Crippen molar-refractivity contribution >= 4 is 15.9 Å². The van der Waals surface area contributed by atoms with Crippen molar-refractivity contribution in [3.05, 3.63) is 71.8 Å². The van der Waals surface area contributed by atoms with E-state index < -0.39 is 10.0 Å². The highest BCUT2D eigenvalue weighted by molar-refractivity contribution is 7.90. The molecule has 0 bridgehead atoms. The molecule has 0 saturated carbocycles. The Morgan fingerprint density at radius 2 is 1.92 bits per heavy atom. The van der Waals surface area contributed by atoms with Gasteiger partial charge < -0.3 is 5.32 Å². The van der Waals surface area contributed by atoms with Crippen LogP contribution < -0.4 is 5.32 Å². The minimum atomic E-state index is -3.73. The molecule has 1 aromatic carbocycles. The molecule has 8 heteroatoms. The normalized spacial score (nSPS) is 11.4. The summed E-state index contributed by atoms with van der Waals surface area (Å²) in [6.07, 6.45) is 4.47. The lowest BCUT2D eigenvalue weighted by atomic mass is 10.2. The van der Waals surface area contributed by atoms with Crippen LogP contribution in [0.1, 0.15) is 21.6 Å². The first-order valence-corrected chi connectivity index (χ1v) is 9.08. The Hall–Kier alpha value is -2.87. The molecule has 25 heavy (non-hydrogen) atoms. The number of hydrogen-bond donors (Lipinski definition) is 1. The summed E-state index contributed by atoms with van der Waals surface area (Å²) < 4.78 is 28.1. The van der Waals surface area contributed by atoms with Crippen molar-refractivity contribution in [1.82, 2.24) is 19.1 Å². The number of amides is 1. The van der Waals surface area contributed by atoms with Crippen LogP contribution in [0.15, 0.2) is 59.9 Å². The molecule has 7 nitrogen and oxygen atoms in total. The fourth-order valence-electron chi connectivity index (χ4n) is 2.45. The molecule has 0 aliphatic heterocycles. The Bertz CT molecular complexity index is 1020. The van der Waals surface area contributed by atoms with Crippen LogP contribution in [-0.4, -0.2) is 28.1 Å². The number of aryl methyl sites for hydroxylation is 2. The highest BCUT2D eigenvalue weighted by atomic mass is 32.2. The third kappa shape index (κ3) is 3.48. The van der Waals surface area contributed by atoms with Gasteiger partial charge in [0.05, 0.1) is 22.7 Å². The summed E-state index contributed by atoms with van der Waals surface area (Å²) in [5.41, 5.74) is 1.65. The average Bonchev–Trinajstić information content (AvgIpc) is 3.22. The van der Waals surface area contributed by atoms with Crippen LogP contribution in [0, 0.1) is 6.92 Å². The van der Waals surface area contributed by atoms with Crippen LogP contribution in [0.3, 0.4) is 0 Å². The third-order valence-corrected chi connectivity index (χ3v) is 5.57. The molecule has 3 aromatic rings. The fourth-order valence-corrected chi connectivity index (χ4v) is 3.88. The van der Waals surface area contributed by atoms with Crippen LogP contribution in [0.25, 0.3) is 0 Å². The Labute approximate surface area is 146 Å². The summed E-state index contributed by atoms with van der Waals surface area (Å²) in [5, 5.41) is 6.89. The van der Waals surface area contributed by atoms with Crippen molar-refractivity contribution in [3.63, 3.8) is 0 Å². The lowest BCUT2D eigenvalue weighted by molar-refractivity contribution is 0.0950. The van der Waals surface area contributed by atoms with Crippen molar-refractivity contribution in [2.24, 2.45) is 7.05 Å². The van der Waals surface area contributed by atoms with Gasteiger partial charge in [0, 0.05) is 25.6 Å². The summed E-state index contributed by atoms with van der Waals surface area (Å²) >= 11 is 0. The molecular weight excluding hydrogens is 340 g/mol. The lowest BCUT2D eigenvalue weighted by Gasteiger charge is -2.08. The van der Waals surface area contributed by atoms with Crippen LogP contribution in [-0.2, 0) is 23.6 Å². The Morgan fingerprint density at radius 3 is 2.60 bits per heavy atom. The van der Waals surface area contributed by atoms with E-state index >= 15 is 0 Å². The zero-order valence-electron chi connectivity index (χ0n) is 13.9. The molecule has 1 N–H and O–H groups in total. The molecule has 0 radical (unpaired) electrons. The predicted molar refractivity (Wildman–Crippen MR) is 92.6 cm³/mol. The molecular formula is C17H18N4O3S. The first kappa shape index (κ1) is 17.0. The fraction of sp³-hybridized carbons (Fsp3) is 0.176. The first-order valence-electron chi connectivity index (χ1n) is 7.64. The van der Waals surface area contributed by atoms with Crippen molar-refractivity contribution in [1.29, 1.82) is 0 Å². The standard InChI is InChI=1S/C17H18N4O3S/c1-13-5-3-4-6-16(13)25(23,24)21-10-7-14(12-21)17(22)18-11-15-8-9-20(2)19-15/h3-10,12H,11H2,1-2H3,(H,18,22). The van der Waals surface area contributed by atoms with Gasteiger partial charge in [-0.15, -0.1) is 0 Å². The maximum absolute atomic E-state index is 12.7. The van der Waals surface area contributed by atoms with Gasteiger partial charge in [0.25, 0.3) is 15.9 Å². The van der Waals surface area contributed by atoms with Crippen LogP contribution in [0.2, 0.25) is 0 Å². The minimum Gasteiger partial charge on any atom is -0.346 e. The Kier molecular flexibility index (Phi) is 4.45. The number of nitrogens with one attached hydrogen (secondary N) is 1. The van der Waals surface area contributed by atoms with E-state index in [2.05, 4.69) is 10.4 Å². The number of nitrogens with zero attached hydrogens (tertiary/aromatic N) is 3. The number of aromatic nitrogens is 3. The van der Waals surface area contributed by atoms with Crippen LogP contribution >= 0.6 is 0 Å². The molecule has 1 amide bonds. The van der Waals surface area contributed by atoms with E-state index in [9.17, 15) is 13.2 Å². The molecule has 0 atom stereocenters. The summed E-state index contributed by atoms with van der Waals surface area (Å²) in [4.78, 5) is 12.4. The topological polar surface area (TPSA) is 86.0 Å². The van der Waals surface area contributed by atoms with Crippen LogP contribution in [0.5, 0.6) is 0 Å². The van der Waals surface area contributed by atoms with E-state index in [0.717, 1.165) is 9.67 Å². The van der Waals surface area contributed by atoms with Crippen molar-refractivity contribution in [2.45, 2.75) is 18.4 Å². The molecule has 0 aliphatic rings. The second-order valence-corrected chi connectivity index (χ2v) is 7.48. The van der Waals surface area contributed by atoms with Gasteiger partial charge in [-0.2, -0.15) is 5.10 Å². The van der Waals surface area contributed by atoms with Gasteiger partial charge in [0.2, 0.25) is 0 Å². The summed E-state index contributed by atoms with van der Waals surface area (Å²) in [6.45, 7) is 2.01. The van der Waals surface area contributed by atoms with E-state index in [0.29, 0.717) is 5.56 Å². The SMILES string of the molecule is Cc1ccccc1S(=O)(=O)n1ccc(C(=O)NCc2ccn(C)n2)c1. The van der Waals surface area contributed by atoms with Gasteiger partial charge in [0.1, 0.15) is 0 Å². The second-order valence-electron chi connectivity index (χ2n) is 5.66. The molecule has 0 spiro atoms. The quantitative estimate of drug-likeness (QED) is 0.752. The number of carbonyl (C=O) groups is 1. The van der Waals surface area contributed by atoms with Gasteiger partial charge in [-0.25, -0.2) is 12.4 Å². The summed E-state index contributed by atoms with van der Waals surface area (Å²) in [6, 6.07) is 10.0. The maximum Gasteiger partial charge on any atom is 0.267 e. The van der Waals surface area contributed by atoms with Gasteiger partial charge in [-0.05, 0) is 30.7 Å². The maximum atomic E-state index is 12.7. The highest BCUT2D eigenvalue weighted by Crippen LogP contribution is 2.18. The van der Waals surface area contributed by atoms with E-state index in [1.807, 2.05) is 0 Å². The third-order valence-electron chi connectivity index (χ3n) is 3.78. The van der Waals surface area contributed by atoms with Gasteiger partial charge >= 0.3 is 0 Å². The molecule has 130 valence electrons. The van der Waals surface area contributed by atoms with Crippen molar-refractivity contribution in [2.75, 3.05) is 0 Å². The Balaban J connectivity index is 1.77. The monoisotopic (exact) mass is 358 g/mol. The minimum absolute atomic E-state index is 0.214. The van der Waals surface area contributed by atoms with E-state index in [4.69, 9.17) is 0 Å². The van der Waals surface area contributed by atoms with Crippen LogP contribution in [0.4, 0.5) is 0 Å². The van der Waals surface area contributed by atoms with Crippen molar-refractivity contribution < 1.29 is 13.2 Å². The van der Waals surface area contributed by atoms with E-state index in [1.54, 1.807) is 55.2 Å². The zero-order chi connectivity index (χ0) is 18.0. The molecule has 2 aromatic heterocycles. The smallest absolute Gasteiger partial charge is 0.267 e. The molecule has 0 saturated heterocycles. The molecule has 0 unspecified atom stereocenters. The zero-order valence-corrected chi connectivity index (χ0v) is 14.7. The first-order chi connectivity index (χ1) is 11.9. The van der Waals surface area contributed by atoms with Gasteiger partial charge in [0.15, 0.2) is 0 Å². The Morgan fingerprint density at radius 1 is 1.16 bits per heavy atom. The largest absolute Gasteiger partial charge is 0.346 e. The second kappa shape index (κ2) is 6.56. The average molecular weight is 358 g/mol. The molecule has 2 heterocycles. The molecule has 0 fully saturated rings. The predicted octanol–water partition coefficient (Wildman–Crippen LogP) is 1.70. The van der Waals surface area contributed by atoms with Crippen molar-refractivity contribution in [3.8, 4) is 0 Å².